The van der Waals surface area contributed by atoms with Gasteiger partial charge < -0.3 is 5.11 Å². The number of nitrogens with one attached hydrogen (secondary N) is 1. The molecule has 128 valence electrons. The Morgan fingerprint density at radius 2 is 2.24 bits per heavy atom. The molecule has 3 rings (SSSR count). The van der Waals surface area contributed by atoms with Crippen molar-refractivity contribution >= 4 is 33.7 Å². The number of thiophene rings is 1. The molecule has 0 aliphatic carbocycles. The number of phenolic OH excluding ortho intramolecular Hbond substituents is 1. The van der Waals surface area contributed by atoms with Crippen LogP contribution < -0.4 is 11.0 Å². The lowest BCUT2D eigenvalue weighted by molar-refractivity contribution is -0.121. The molecule has 2 N–H and O–H groups in total. The van der Waals surface area contributed by atoms with Crippen LogP contribution in [0.2, 0.25) is 0 Å². The number of carbonyl (C=O) groups is 1. The van der Waals surface area contributed by atoms with E-state index in [1.54, 1.807) is 18.2 Å². The molecule has 0 aliphatic heterocycles. The second-order valence-electron chi connectivity index (χ2n) is 5.31. The van der Waals surface area contributed by atoms with E-state index in [1.165, 1.54) is 34.5 Å². The van der Waals surface area contributed by atoms with Crippen molar-refractivity contribution in [3.8, 4) is 5.75 Å². The number of nitrogens with zero attached hydrogens (tertiary/aromatic N) is 3. The minimum absolute atomic E-state index is 0.0653. The molecule has 0 radical (unpaired) electrons. The third-order valence-corrected chi connectivity index (χ3v) is 4.75. The molecule has 25 heavy (non-hydrogen) atoms. The zero-order valence-corrected chi connectivity index (χ0v) is 14.3. The molecular weight excluding hydrogens is 340 g/mol. The number of aryl methyl sites for hydroxylation is 1. The lowest BCUT2D eigenvalue weighted by Crippen LogP contribution is -2.29. The van der Waals surface area contributed by atoms with Gasteiger partial charge >= 0.3 is 0 Å². The summed E-state index contributed by atoms with van der Waals surface area (Å²) < 4.78 is 1.25. The lowest BCUT2D eigenvalue weighted by Gasteiger charge is -2.03. The normalized spacial score (nSPS) is 11.2. The number of phenols is 1. The number of hydrogen-bond donors (Lipinski definition) is 2. The first-order valence-corrected chi connectivity index (χ1v) is 8.48. The van der Waals surface area contributed by atoms with Gasteiger partial charge in [-0.15, -0.1) is 11.3 Å². The first-order valence-electron chi connectivity index (χ1n) is 7.66. The number of fused-ring (bicyclic) bond motifs is 1. The van der Waals surface area contributed by atoms with Gasteiger partial charge in [-0.1, -0.05) is 19.1 Å². The smallest absolute Gasteiger partial charge is 0.262 e. The van der Waals surface area contributed by atoms with E-state index < -0.39 is 5.91 Å². The summed E-state index contributed by atoms with van der Waals surface area (Å²) in [6.07, 6.45) is 3.54. The van der Waals surface area contributed by atoms with Crippen LogP contribution in [0.1, 0.15) is 17.4 Å². The summed E-state index contributed by atoms with van der Waals surface area (Å²) in [5, 5.41) is 13.9. The molecule has 3 aromatic rings. The lowest BCUT2D eigenvalue weighted by atomic mass is 10.2. The van der Waals surface area contributed by atoms with Gasteiger partial charge in [0.05, 0.1) is 17.9 Å². The zero-order valence-electron chi connectivity index (χ0n) is 13.5. The number of hydrogen-bond acceptors (Lipinski definition) is 6. The fraction of sp³-hybridized carbons (Fsp3) is 0.176. The van der Waals surface area contributed by atoms with Gasteiger partial charge in [-0.3, -0.25) is 14.2 Å². The molecule has 0 saturated carbocycles. The summed E-state index contributed by atoms with van der Waals surface area (Å²) in [6, 6.07) is 8.44. The van der Waals surface area contributed by atoms with E-state index in [-0.39, 0.29) is 17.9 Å². The van der Waals surface area contributed by atoms with Crippen molar-refractivity contribution in [2.24, 2.45) is 5.10 Å². The summed E-state index contributed by atoms with van der Waals surface area (Å²) in [7, 11) is 0. The molecule has 2 aromatic heterocycles. The van der Waals surface area contributed by atoms with Crippen LogP contribution in [0.15, 0.2) is 46.6 Å². The molecule has 1 aromatic carbocycles. The fourth-order valence-electron chi connectivity index (χ4n) is 2.26. The summed E-state index contributed by atoms with van der Waals surface area (Å²) in [4.78, 5) is 30.4. The Hall–Kier alpha value is -3.00. The maximum Gasteiger partial charge on any atom is 0.262 e. The van der Waals surface area contributed by atoms with Crippen molar-refractivity contribution in [1.82, 2.24) is 15.0 Å². The van der Waals surface area contributed by atoms with Crippen molar-refractivity contribution < 1.29 is 9.90 Å². The van der Waals surface area contributed by atoms with Gasteiger partial charge in [-0.05, 0) is 24.6 Å². The zero-order chi connectivity index (χ0) is 17.8. The number of benzene rings is 1. The van der Waals surface area contributed by atoms with Gasteiger partial charge in [0.2, 0.25) is 0 Å². The molecule has 0 saturated heterocycles. The van der Waals surface area contributed by atoms with Crippen LogP contribution in [-0.4, -0.2) is 26.8 Å². The summed E-state index contributed by atoms with van der Waals surface area (Å²) >= 11 is 1.48. The van der Waals surface area contributed by atoms with Gasteiger partial charge in [-0.2, -0.15) is 5.10 Å². The predicted molar refractivity (Wildman–Crippen MR) is 97.1 cm³/mol. The third-order valence-electron chi connectivity index (χ3n) is 3.56. The number of aromatic nitrogens is 2. The fourth-order valence-corrected chi connectivity index (χ4v) is 3.18. The SMILES string of the molecule is CCc1cc2c(=O)n(CC(=O)N/N=C\c3ccccc3O)cnc2s1. The second-order valence-corrected chi connectivity index (χ2v) is 6.43. The second kappa shape index (κ2) is 7.27. The van der Waals surface area contributed by atoms with Crippen molar-refractivity contribution in [2.75, 3.05) is 0 Å². The topological polar surface area (TPSA) is 96.6 Å². The standard InChI is InChI=1S/C17H16N4O3S/c1-2-12-7-13-16(25-12)18-10-21(17(13)24)9-15(23)20-19-8-11-5-3-4-6-14(11)22/h3-8,10,22H,2,9H2,1H3,(H,20,23)/b19-8-. The monoisotopic (exact) mass is 356 g/mol. The Balaban J connectivity index is 1.71. The minimum Gasteiger partial charge on any atom is -0.507 e. The van der Waals surface area contributed by atoms with E-state index >= 15 is 0 Å². The Morgan fingerprint density at radius 1 is 1.44 bits per heavy atom. The van der Waals surface area contributed by atoms with Gasteiger partial charge in [0.15, 0.2) is 0 Å². The number of carbonyl (C=O) groups excluding carboxylic acids is 1. The van der Waals surface area contributed by atoms with Crippen molar-refractivity contribution in [2.45, 2.75) is 19.9 Å². The highest BCUT2D eigenvalue weighted by molar-refractivity contribution is 7.18. The van der Waals surface area contributed by atoms with Crippen molar-refractivity contribution in [3.05, 3.63) is 57.5 Å². The summed E-state index contributed by atoms with van der Waals surface area (Å²) in [5.74, 6) is -0.392. The number of aromatic hydroxyl groups is 1. The Morgan fingerprint density at radius 3 is 3.00 bits per heavy atom. The van der Waals surface area contributed by atoms with Gasteiger partial charge in [0, 0.05) is 10.4 Å². The quantitative estimate of drug-likeness (QED) is 0.539. The molecule has 0 atom stereocenters. The van der Waals surface area contributed by atoms with Crippen molar-refractivity contribution in [3.63, 3.8) is 0 Å². The van der Waals surface area contributed by atoms with Crippen LogP contribution in [-0.2, 0) is 17.8 Å². The van der Waals surface area contributed by atoms with Crippen LogP contribution in [0, 0.1) is 0 Å². The molecule has 7 nitrogen and oxygen atoms in total. The predicted octanol–water partition coefficient (Wildman–Crippen LogP) is 1.88. The molecule has 0 fully saturated rings. The van der Waals surface area contributed by atoms with Crippen LogP contribution in [0.5, 0.6) is 5.75 Å². The number of amides is 1. The van der Waals surface area contributed by atoms with E-state index in [4.69, 9.17) is 0 Å². The largest absolute Gasteiger partial charge is 0.507 e. The minimum atomic E-state index is -0.458. The molecule has 8 heteroatoms. The Bertz CT molecular complexity index is 1010. The molecule has 0 aliphatic rings. The Kier molecular flexibility index (Phi) is 4.90. The first kappa shape index (κ1) is 16.8. The number of rotatable bonds is 5. The van der Waals surface area contributed by atoms with Crippen LogP contribution in [0.25, 0.3) is 10.2 Å². The van der Waals surface area contributed by atoms with E-state index in [2.05, 4.69) is 15.5 Å². The highest BCUT2D eigenvalue weighted by Crippen LogP contribution is 2.20. The molecular formula is C17H16N4O3S. The maximum absolute atomic E-state index is 12.4. The average Bonchev–Trinajstić information content (AvgIpc) is 3.03. The summed E-state index contributed by atoms with van der Waals surface area (Å²) in [5.41, 5.74) is 2.56. The van der Waals surface area contributed by atoms with E-state index in [0.29, 0.717) is 15.8 Å². The average molecular weight is 356 g/mol. The van der Waals surface area contributed by atoms with Crippen LogP contribution in [0.4, 0.5) is 0 Å². The Labute approximate surface area is 147 Å². The maximum atomic E-state index is 12.4. The molecule has 2 heterocycles. The van der Waals surface area contributed by atoms with E-state index in [0.717, 1.165) is 11.3 Å². The van der Waals surface area contributed by atoms with Gasteiger partial charge in [0.1, 0.15) is 17.1 Å². The summed E-state index contributed by atoms with van der Waals surface area (Å²) in [6.45, 7) is 1.83. The highest BCUT2D eigenvalue weighted by atomic mass is 32.1. The van der Waals surface area contributed by atoms with Gasteiger partial charge in [0.25, 0.3) is 11.5 Å². The van der Waals surface area contributed by atoms with Crippen LogP contribution >= 0.6 is 11.3 Å². The molecule has 0 bridgehead atoms. The highest BCUT2D eigenvalue weighted by Gasteiger charge is 2.10. The van der Waals surface area contributed by atoms with E-state index in [1.807, 2.05) is 13.0 Å². The first-order chi connectivity index (χ1) is 12.1. The van der Waals surface area contributed by atoms with Crippen molar-refractivity contribution in [1.29, 1.82) is 0 Å². The number of para-hydroxylation sites is 1. The molecule has 0 unspecified atom stereocenters. The third kappa shape index (κ3) is 3.74. The molecule has 1 amide bonds. The van der Waals surface area contributed by atoms with Crippen LogP contribution in [0.3, 0.4) is 0 Å². The number of hydrazone groups is 1. The molecule has 0 spiro atoms. The van der Waals surface area contributed by atoms with E-state index in [9.17, 15) is 14.7 Å². The van der Waals surface area contributed by atoms with Gasteiger partial charge in [-0.25, -0.2) is 10.4 Å².